The molecule has 1 aliphatic heterocycles. The zero-order chi connectivity index (χ0) is 23.9. The molecule has 8 heteroatoms. The molecule has 3 aromatic carbocycles. The lowest BCUT2D eigenvalue weighted by Crippen LogP contribution is -2.53. The summed E-state index contributed by atoms with van der Waals surface area (Å²) in [7, 11) is 0. The van der Waals surface area contributed by atoms with Crippen molar-refractivity contribution in [2.24, 2.45) is 11.1 Å². The molecule has 33 heavy (non-hydrogen) atoms. The Bertz CT molecular complexity index is 1250. The number of carbonyl (C=O) groups excluding carboxylic acids is 2. The van der Waals surface area contributed by atoms with E-state index in [1.54, 1.807) is 30.3 Å². The average Bonchev–Trinajstić information content (AvgIpc) is 2.72. The minimum Gasteiger partial charge on any atom is -0.369 e. The lowest BCUT2D eigenvalue weighted by molar-refractivity contribution is 0.0997. The molecule has 2 amide bonds. The lowest BCUT2D eigenvalue weighted by Gasteiger charge is -2.48. The van der Waals surface area contributed by atoms with Gasteiger partial charge in [0.2, 0.25) is 5.91 Å². The zero-order valence-electron chi connectivity index (χ0n) is 18.1. The highest BCUT2D eigenvalue weighted by molar-refractivity contribution is 6.34. The number of anilines is 2. The summed E-state index contributed by atoms with van der Waals surface area (Å²) in [4.78, 5) is 26.6. The monoisotopic (exact) mass is 485 g/mol. The molecule has 0 unspecified atom stereocenters. The van der Waals surface area contributed by atoms with Gasteiger partial charge in [-0.2, -0.15) is 0 Å². The van der Waals surface area contributed by atoms with E-state index in [-0.39, 0.29) is 16.0 Å². The van der Waals surface area contributed by atoms with Crippen LogP contribution in [-0.4, -0.2) is 24.9 Å². The quantitative estimate of drug-likeness (QED) is 0.465. The first-order valence-corrected chi connectivity index (χ1v) is 11.1. The van der Waals surface area contributed by atoms with E-state index >= 15 is 0 Å². The summed E-state index contributed by atoms with van der Waals surface area (Å²) in [5, 5.41) is 3.29. The molecule has 1 aliphatic rings. The number of nitrogens with zero attached hydrogens (tertiary/aromatic N) is 1. The number of primary amides is 1. The summed E-state index contributed by atoms with van der Waals surface area (Å²) in [6.45, 7) is 5.85. The van der Waals surface area contributed by atoms with E-state index in [4.69, 9.17) is 28.9 Å². The third kappa shape index (κ3) is 4.68. The van der Waals surface area contributed by atoms with Gasteiger partial charge in [0, 0.05) is 29.2 Å². The van der Waals surface area contributed by atoms with E-state index in [9.17, 15) is 14.0 Å². The van der Waals surface area contributed by atoms with Crippen LogP contribution in [0.5, 0.6) is 0 Å². The van der Waals surface area contributed by atoms with Crippen LogP contribution in [0, 0.1) is 11.2 Å². The van der Waals surface area contributed by atoms with Gasteiger partial charge in [0.15, 0.2) is 0 Å². The zero-order valence-corrected chi connectivity index (χ0v) is 19.6. The third-order valence-corrected chi connectivity index (χ3v) is 6.22. The van der Waals surface area contributed by atoms with Crippen LogP contribution >= 0.6 is 23.2 Å². The Morgan fingerprint density at radius 1 is 1.03 bits per heavy atom. The second-order valence-corrected chi connectivity index (χ2v) is 9.68. The highest BCUT2D eigenvalue weighted by atomic mass is 35.5. The fraction of sp³-hybridized carbons (Fsp3) is 0.200. The van der Waals surface area contributed by atoms with Crippen molar-refractivity contribution in [1.29, 1.82) is 0 Å². The SMILES string of the molecule is CC1(C)CN(c2cc(-c3cc(C(N)=O)ccc3Cl)ccc2NC(=O)c2c(F)cccc2Cl)C1. The maximum absolute atomic E-state index is 14.3. The van der Waals surface area contributed by atoms with Crippen molar-refractivity contribution in [3.05, 3.63) is 81.6 Å². The van der Waals surface area contributed by atoms with Crippen LogP contribution in [0.1, 0.15) is 34.6 Å². The van der Waals surface area contributed by atoms with Gasteiger partial charge in [0.05, 0.1) is 22.0 Å². The molecule has 0 bridgehead atoms. The fourth-order valence-electron chi connectivity index (χ4n) is 4.02. The Kier molecular flexibility index (Phi) is 6.08. The molecule has 0 spiro atoms. The molecule has 1 fully saturated rings. The van der Waals surface area contributed by atoms with Crippen LogP contribution in [-0.2, 0) is 0 Å². The topological polar surface area (TPSA) is 75.4 Å². The van der Waals surface area contributed by atoms with E-state index in [0.717, 1.165) is 24.3 Å². The maximum atomic E-state index is 14.3. The first-order chi connectivity index (χ1) is 15.6. The van der Waals surface area contributed by atoms with Gasteiger partial charge in [-0.05, 0) is 53.4 Å². The van der Waals surface area contributed by atoms with E-state index < -0.39 is 17.6 Å². The largest absolute Gasteiger partial charge is 0.369 e. The van der Waals surface area contributed by atoms with Crippen molar-refractivity contribution in [2.45, 2.75) is 13.8 Å². The highest BCUT2D eigenvalue weighted by Crippen LogP contribution is 2.41. The van der Waals surface area contributed by atoms with Gasteiger partial charge < -0.3 is 16.0 Å². The molecule has 3 N–H and O–H groups in total. The maximum Gasteiger partial charge on any atom is 0.260 e. The molecule has 170 valence electrons. The number of halogens is 3. The summed E-state index contributed by atoms with van der Waals surface area (Å²) >= 11 is 12.5. The second kappa shape index (κ2) is 8.69. The van der Waals surface area contributed by atoms with Crippen molar-refractivity contribution in [2.75, 3.05) is 23.3 Å². The molecular formula is C25H22Cl2FN3O2. The number of amides is 2. The van der Waals surface area contributed by atoms with E-state index in [1.165, 1.54) is 18.2 Å². The predicted octanol–water partition coefficient (Wildman–Crippen LogP) is 6.00. The van der Waals surface area contributed by atoms with Gasteiger partial charge in [0.1, 0.15) is 5.82 Å². The molecule has 0 saturated carbocycles. The molecule has 5 nitrogen and oxygen atoms in total. The number of nitrogens with one attached hydrogen (secondary N) is 1. The van der Waals surface area contributed by atoms with Gasteiger partial charge in [0.25, 0.3) is 5.91 Å². The van der Waals surface area contributed by atoms with Crippen molar-refractivity contribution in [3.8, 4) is 11.1 Å². The van der Waals surface area contributed by atoms with Gasteiger partial charge in [-0.25, -0.2) is 4.39 Å². The Morgan fingerprint density at radius 2 is 1.76 bits per heavy atom. The van der Waals surface area contributed by atoms with Crippen molar-refractivity contribution in [1.82, 2.24) is 0 Å². The Hall–Kier alpha value is -3.09. The summed E-state index contributed by atoms with van der Waals surface area (Å²) in [6, 6.07) is 14.3. The van der Waals surface area contributed by atoms with Crippen molar-refractivity contribution >= 4 is 46.4 Å². The minimum atomic E-state index is -0.696. The molecule has 3 aromatic rings. The van der Waals surface area contributed by atoms with Crippen LogP contribution < -0.4 is 16.0 Å². The van der Waals surface area contributed by atoms with E-state index in [2.05, 4.69) is 24.1 Å². The van der Waals surface area contributed by atoms with Crippen LogP contribution in [0.15, 0.2) is 54.6 Å². The van der Waals surface area contributed by atoms with Crippen LogP contribution in [0.3, 0.4) is 0 Å². The first kappa shape index (κ1) is 23.1. The van der Waals surface area contributed by atoms with Crippen LogP contribution in [0.4, 0.5) is 15.8 Å². The molecule has 1 heterocycles. The molecular weight excluding hydrogens is 464 g/mol. The number of hydrogen-bond acceptors (Lipinski definition) is 3. The molecule has 0 aromatic heterocycles. The van der Waals surface area contributed by atoms with Crippen molar-refractivity contribution < 1.29 is 14.0 Å². The van der Waals surface area contributed by atoms with E-state index in [1.807, 2.05) is 6.07 Å². The summed E-state index contributed by atoms with van der Waals surface area (Å²) in [5.74, 6) is -1.89. The Morgan fingerprint density at radius 3 is 2.39 bits per heavy atom. The van der Waals surface area contributed by atoms with Crippen LogP contribution in [0.2, 0.25) is 10.0 Å². The summed E-state index contributed by atoms with van der Waals surface area (Å²) in [5.41, 5.74) is 8.35. The predicted molar refractivity (Wildman–Crippen MR) is 131 cm³/mol. The number of nitrogens with two attached hydrogens (primary N) is 1. The Labute approximate surface area is 201 Å². The molecule has 0 atom stereocenters. The molecule has 0 radical (unpaired) electrons. The Balaban J connectivity index is 1.75. The lowest BCUT2D eigenvalue weighted by atomic mass is 9.83. The standard InChI is InChI=1S/C25H22Cl2FN3O2/c1-25(2)12-31(13-25)21-11-14(16-10-15(23(29)32)6-8-17(16)26)7-9-20(21)30-24(33)22-18(27)4-3-5-19(22)28/h3-11H,12-13H2,1-2H3,(H2,29,32)(H,30,33). The summed E-state index contributed by atoms with van der Waals surface area (Å²) < 4.78 is 14.3. The van der Waals surface area contributed by atoms with Gasteiger partial charge in [-0.15, -0.1) is 0 Å². The smallest absolute Gasteiger partial charge is 0.260 e. The van der Waals surface area contributed by atoms with Crippen molar-refractivity contribution in [3.63, 3.8) is 0 Å². The van der Waals surface area contributed by atoms with E-state index in [0.29, 0.717) is 21.8 Å². The number of benzene rings is 3. The molecule has 1 saturated heterocycles. The molecule has 4 rings (SSSR count). The first-order valence-electron chi connectivity index (χ1n) is 10.3. The fourth-order valence-corrected chi connectivity index (χ4v) is 4.50. The number of carbonyl (C=O) groups is 2. The summed E-state index contributed by atoms with van der Waals surface area (Å²) in [6.07, 6.45) is 0. The van der Waals surface area contributed by atoms with Crippen LogP contribution in [0.25, 0.3) is 11.1 Å². The average molecular weight is 486 g/mol. The normalized spacial score (nSPS) is 14.5. The number of rotatable bonds is 5. The van der Waals surface area contributed by atoms with Gasteiger partial charge >= 0.3 is 0 Å². The third-order valence-electron chi connectivity index (χ3n) is 5.58. The minimum absolute atomic E-state index is 0.0332. The second-order valence-electron chi connectivity index (χ2n) is 8.86. The van der Waals surface area contributed by atoms with Gasteiger partial charge in [-0.3, -0.25) is 9.59 Å². The molecule has 0 aliphatic carbocycles. The highest BCUT2D eigenvalue weighted by Gasteiger charge is 2.35. The van der Waals surface area contributed by atoms with Gasteiger partial charge in [-0.1, -0.05) is 49.2 Å². The number of hydrogen-bond donors (Lipinski definition) is 2.